The van der Waals surface area contributed by atoms with Gasteiger partial charge >= 0.3 is 5.97 Å². The van der Waals surface area contributed by atoms with Gasteiger partial charge in [0.15, 0.2) is 0 Å². The zero-order chi connectivity index (χ0) is 15.7. The predicted molar refractivity (Wildman–Crippen MR) is 95.1 cm³/mol. The molecule has 126 valence electrons. The Kier molecular flexibility index (Phi) is 10.9. The molecule has 0 unspecified atom stereocenters. The Morgan fingerprint density at radius 3 is 2.41 bits per heavy atom. The van der Waals surface area contributed by atoms with E-state index in [4.69, 9.17) is 0 Å². The number of hydrogen-bond donors (Lipinski definition) is 1. The first-order valence-corrected chi connectivity index (χ1v) is 8.10. The number of unbranched alkanes of at least 4 members (excludes halogenated alkanes) is 4. The number of imidazole rings is 1. The minimum atomic E-state index is -0.825. The molecule has 1 N–H and O–H groups in total. The van der Waals surface area contributed by atoms with Crippen molar-refractivity contribution in [1.29, 1.82) is 0 Å². The van der Waals surface area contributed by atoms with Crippen molar-refractivity contribution in [2.75, 3.05) is 0 Å². The highest BCUT2D eigenvalue weighted by Gasteiger charge is 2.16. The van der Waals surface area contributed by atoms with Gasteiger partial charge in [0.05, 0.1) is 12.1 Å². The molecular formula is C17H30BrN2O2+. The van der Waals surface area contributed by atoms with Crippen molar-refractivity contribution in [2.24, 2.45) is 0 Å². The Balaban J connectivity index is 0.00000441. The van der Waals surface area contributed by atoms with Crippen LogP contribution in [0.2, 0.25) is 0 Å². The van der Waals surface area contributed by atoms with Crippen LogP contribution in [-0.2, 0) is 11.3 Å². The van der Waals surface area contributed by atoms with Gasteiger partial charge < -0.3 is 5.11 Å². The van der Waals surface area contributed by atoms with Crippen LogP contribution in [0.25, 0.3) is 5.70 Å². The van der Waals surface area contributed by atoms with Gasteiger partial charge in [0.1, 0.15) is 18.1 Å². The molecule has 4 nitrogen and oxygen atoms in total. The van der Waals surface area contributed by atoms with Crippen molar-refractivity contribution in [2.45, 2.75) is 72.3 Å². The van der Waals surface area contributed by atoms with Gasteiger partial charge in [-0.05, 0) is 19.8 Å². The van der Waals surface area contributed by atoms with Gasteiger partial charge in [-0.3, -0.25) is 0 Å². The van der Waals surface area contributed by atoms with Crippen LogP contribution < -0.4 is 4.57 Å². The van der Waals surface area contributed by atoms with Crippen LogP contribution >= 0.6 is 17.0 Å². The monoisotopic (exact) mass is 373 g/mol. The SMILES string of the molecule is Br.CCCCCCC(=C(C)C(=O)O)n1cc[n+](CCCC)c1. The third kappa shape index (κ3) is 6.77. The zero-order valence-electron chi connectivity index (χ0n) is 14.0. The fourth-order valence-electron chi connectivity index (χ4n) is 2.38. The third-order valence-corrected chi connectivity index (χ3v) is 3.79. The average molecular weight is 374 g/mol. The fraction of sp³-hybridized carbons (Fsp3) is 0.647. The molecule has 1 aromatic heterocycles. The summed E-state index contributed by atoms with van der Waals surface area (Å²) in [7, 11) is 0. The summed E-state index contributed by atoms with van der Waals surface area (Å²) in [5, 5.41) is 9.29. The summed E-state index contributed by atoms with van der Waals surface area (Å²) in [6.45, 7) is 7.04. The van der Waals surface area contributed by atoms with Crippen molar-refractivity contribution >= 4 is 28.6 Å². The minimum Gasteiger partial charge on any atom is -0.478 e. The van der Waals surface area contributed by atoms with Crippen LogP contribution in [0.15, 0.2) is 24.3 Å². The molecule has 0 saturated carbocycles. The highest BCUT2D eigenvalue weighted by Crippen LogP contribution is 2.19. The first kappa shape index (κ1) is 20.9. The quantitative estimate of drug-likeness (QED) is 0.374. The molecule has 0 amide bonds. The average Bonchev–Trinajstić information content (AvgIpc) is 2.93. The number of hydrogen-bond acceptors (Lipinski definition) is 1. The number of allylic oxidation sites excluding steroid dienone is 1. The summed E-state index contributed by atoms with van der Waals surface area (Å²) >= 11 is 0. The number of carboxylic acid groups (broad SMARTS) is 1. The maximum Gasteiger partial charge on any atom is 0.335 e. The highest BCUT2D eigenvalue weighted by molar-refractivity contribution is 8.93. The van der Waals surface area contributed by atoms with Crippen molar-refractivity contribution < 1.29 is 14.5 Å². The summed E-state index contributed by atoms with van der Waals surface area (Å²) in [5.41, 5.74) is 1.36. The second-order valence-electron chi connectivity index (χ2n) is 5.60. The lowest BCUT2D eigenvalue weighted by atomic mass is 10.1. The Morgan fingerprint density at radius 1 is 1.14 bits per heavy atom. The lowest BCUT2D eigenvalue weighted by Gasteiger charge is -2.06. The van der Waals surface area contributed by atoms with Crippen LogP contribution in [0.4, 0.5) is 0 Å². The van der Waals surface area contributed by atoms with E-state index in [9.17, 15) is 9.90 Å². The van der Waals surface area contributed by atoms with Crippen LogP contribution in [0.3, 0.4) is 0 Å². The molecule has 1 rings (SSSR count). The Hall–Kier alpha value is -1.10. The molecule has 0 radical (unpaired) electrons. The third-order valence-electron chi connectivity index (χ3n) is 3.79. The first-order valence-electron chi connectivity index (χ1n) is 8.10. The van der Waals surface area contributed by atoms with Crippen LogP contribution in [-0.4, -0.2) is 15.6 Å². The second-order valence-corrected chi connectivity index (χ2v) is 5.60. The Morgan fingerprint density at radius 2 is 1.82 bits per heavy atom. The number of nitrogens with zero attached hydrogens (tertiary/aromatic N) is 2. The summed E-state index contributed by atoms with van der Waals surface area (Å²) in [6, 6.07) is 0. The Labute approximate surface area is 144 Å². The molecular weight excluding hydrogens is 344 g/mol. The van der Waals surface area contributed by atoms with Gasteiger partial charge in [0.2, 0.25) is 6.33 Å². The minimum absolute atomic E-state index is 0. The molecule has 0 saturated heterocycles. The molecule has 1 aromatic rings. The zero-order valence-corrected chi connectivity index (χ0v) is 15.8. The summed E-state index contributed by atoms with van der Waals surface area (Å²) in [4.78, 5) is 11.3. The molecule has 0 aliphatic carbocycles. The molecule has 22 heavy (non-hydrogen) atoms. The molecule has 0 aliphatic heterocycles. The van der Waals surface area contributed by atoms with Crippen LogP contribution in [0, 0.1) is 0 Å². The number of aliphatic carboxylic acids is 1. The highest BCUT2D eigenvalue weighted by atomic mass is 79.9. The molecule has 0 bridgehead atoms. The summed E-state index contributed by atoms with van der Waals surface area (Å²) < 4.78 is 4.11. The van der Waals surface area contributed by atoms with Crippen molar-refractivity contribution in [1.82, 2.24) is 4.57 Å². The van der Waals surface area contributed by atoms with Crippen molar-refractivity contribution in [3.8, 4) is 0 Å². The van der Waals surface area contributed by atoms with E-state index in [2.05, 4.69) is 18.4 Å². The summed E-state index contributed by atoms with van der Waals surface area (Å²) in [6.07, 6.45) is 13.7. The van der Waals surface area contributed by atoms with Gasteiger partial charge in [-0.15, -0.1) is 17.0 Å². The molecule has 0 spiro atoms. The lowest BCUT2D eigenvalue weighted by Crippen LogP contribution is -2.30. The van der Waals surface area contributed by atoms with E-state index < -0.39 is 5.97 Å². The first-order chi connectivity index (χ1) is 10.1. The lowest BCUT2D eigenvalue weighted by molar-refractivity contribution is -0.696. The molecule has 1 heterocycles. The van der Waals surface area contributed by atoms with E-state index in [0.29, 0.717) is 5.57 Å². The van der Waals surface area contributed by atoms with E-state index >= 15 is 0 Å². The largest absolute Gasteiger partial charge is 0.478 e. The standard InChI is InChI=1S/C17H28N2O2.BrH/c1-4-6-8-9-10-16(15(3)17(20)21)19-13-12-18(14-19)11-7-5-2;/h12-14H,4-11H2,1-3H3;1H/p+1. The molecule has 0 fully saturated rings. The van der Waals surface area contributed by atoms with E-state index in [1.165, 1.54) is 12.8 Å². The van der Waals surface area contributed by atoms with Crippen LogP contribution in [0.5, 0.6) is 0 Å². The van der Waals surface area contributed by atoms with E-state index in [0.717, 1.165) is 44.3 Å². The van der Waals surface area contributed by atoms with Gasteiger partial charge in [0, 0.05) is 6.42 Å². The predicted octanol–water partition coefficient (Wildman–Crippen LogP) is 4.44. The molecule has 5 heteroatoms. The normalized spacial score (nSPS) is 11.8. The number of carbonyl (C=O) groups is 1. The van der Waals surface area contributed by atoms with Crippen LogP contribution in [0.1, 0.15) is 65.7 Å². The van der Waals surface area contributed by atoms with Gasteiger partial charge in [-0.2, -0.15) is 0 Å². The maximum absolute atomic E-state index is 11.3. The Bertz CT molecular complexity index is 481. The van der Waals surface area contributed by atoms with Gasteiger partial charge in [-0.1, -0.05) is 39.5 Å². The number of carboxylic acids is 1. The smallest absolute Gasteiger partial charge is 0.335 e. The van der Waals surface area contributed by atoms with Crippen molar-refractivity contribution in [3.63, 3.8) is 0 Å². The number of aryl methyl sites for hydroxylation is 1. The fourth-order valence-corrected chi connectivity index (χ4v) is 2.38. The second kappa shape index (κ2) is 11.5. The van der Waals surface area contributed by atoms with Crippen molar-refractivity contribution in [3.05, 3.63) is 24.3 Å². The number of aromatic nitrogens is 2. The summed E-state index contributed by atoms with van der Waals surface area (Å²) in [5.74, 6) is -0.825. The van der Waals surface area contributed by atoms with E-state index in [1.807, 2.05) is 23.3 Å². The van der Waals surface area contributed by atoms with Gasteiger partial charge in [-0.25, -0.2) is 13.9 Å². The number of rotatable bonds is 10. The van der Waals surface area contributed by atoms with E-state index in [1.54, 1.807) is 6.92 Å². The molecule has 0 aliphatic rings. The van der Waals surface area contributed by atoms with E-state index in [-0.39, 0.29) is 17.0 Å². The molecule has 0 atom stereocenters. The number of halogens is 1. The topological polar surface area (TPSA) is 46.1 Å². The molecule has 0 aromatic carbocycles. The van der Waals surface area contributed by atoms with Gasteiger partial charge in [0.25, 0.3) is 0 Å². The maximum atomic E-state index is 11.3.